The summed E-state index contributed by atoms with van der Waals surface area (Å²) in [6.07, 6.45) is -0.986. The lowest BCUT2D eigenvalue weighted by Crippen LogP contribution is -2.56. The van der Waals surface area contributed by atoms with Gasteiger partial charge in [-0.05, 0) is 45.1 Å². The SMILES string of the molecule is CCCC(O)C(NC[C@@H](O)[C@H](Cc1ccccc1)NC(=O)OC(C)(C)C)C(=O)NCC(C)C. The van der Waals surface area contributed by atoms with E-state index in [4.69, 9.17) is 4.74 Å². The first-order valence-corrected chi connectivity index (χ1v) is 11.8. The number of aliphatic hydroxyl groups excluding tert-OH is 2. The molecule has 0 radical (unpaired) electrons. The van der Waals surface area contributed by atoms with Crippen molar-refractivity contribution in [1.82, 2.24) is 16.0 Å². The molecular weight excluding hydrogens is 422 g/mol. The van der Waals surface area contributed by atoms with Crippen LogP contribution >= 0.6 is 0 Å². The van der Waals surface area contributed by atoms with E-state index < -0.39 is 36.0 Å². The highest BCUT2D eigenvalue weighted by Gasteiger charge is 2.29. The molecule has 5 N–H and O–H groups in total. The molecule has 0 aliphatic rings. The maximum Gasteiger partial charge on any atom is 0.407 e. The summed E-state index contributed by atoms with van der Waals surface area (Å²) in [6.45, 7) is 11.7. The Labute approximate surface area is 198 Å². The van der Waals surface area contributed by atoms with E-state index in [0.717, 1.165) is 12.0 Å². The quantitative estimate of drug-likeness (QED) is 0.305. The van der Waals surface area contributed by atoms with Crippen LogP contribution in [0.2, 0.25) is 0 Å². The molecule has 0 fully saturated rings. The summed E-state index contributed by atoms with van der Waals surface area (Å²) in [6, 6.07) is 7.98. The molecule has 0 bridgehead atoms. The predicted molar refractivity (Wildman–Crippen MR) is 130 cm³/mol. The first-order valence-electron chi connectivity index (χ1n) is 11.8. The van der Waals surface area contributed by atoms with Crippen LogP contribution < -0.4 is 16.0 Å². The number of rotatable bonds is 13. The Morgan fingerprint density at radius 3 is 2.21 bits per heavy atom. The van der Waals surface area contributed by atoms with Crippen molar-refractivity contribution in [2.24, 2.45) is 5.92 Å². The standard InChI is InChI=1S/C25H43N3O5/c1-7-11-20(29)22(23(31)27-15-17(2)3)26-16-21(30)19(14-18-12-9-8-10-13-18)28-24(32)33-25(4,5)6/h8-10,12-13,17,19-22,26,29-30H,7,11,14-16H2,1-6H3,(H,27,31)(H,28,32)/t19-,20?,21+,22?/m0/s1. The van der Waals surface area contributed by atoms with Gasteiger partial charge in [0.15, 0.2) is 0 Å². The summed E-state index contributed by atoms with van der Waals surface area (Å²) in [5.41, 5.74) is 0.267. The monoisotopic (exact) mass is 465 g/mol. The predicted octanol–water partition coefficient (Wildman–Crippen LogP) is 2.37. The maximum atomic E-state index is 12.7. The third kappa shape index (κ3) is 12.0. The highest BCUT2D eigenvalue weighted by Crippen LogP contribution is 2.11. The Morgan fingerprint density at radius 1 is 1.03 bits per heavy atom. The van der Waals surface area contributed by atoms with Crippen LogP contribution in [0.15, 0.2) is 30.3 Å². The van der Waals surface area contributed by atoms with Gasteiger partial charge in [0.25, 0.3) is 0 Å². The van der Waals surface area contributed by atoms with Gasteiger partial charge in [0.2, 0.25) is 5.91 Å². The minimum absolute atomic E-state index is 0.00778. The van der Waals surface area contributed by atoms with Gasteiger partial charge >= 0.3 is 6.09 Å². The Kier molecular flexibility index (Phi) is 12.4. The molecule has 0 saturated carbocycles. The third-order valence-corrected chi connectivity index (χ3v) is 4.95. The second kappa shape index (κ2) is 14.2. The van der Waals surface area contributed by atoms with Gasteiger partial charge in [-0.15, -0.1) is 0 Å². The number of benzene rings is 1. The number of aliphatic hydroxyl groups is 2. The molecule has 188 valence electrons. The molecule has 2 amide bonds. The van der Waals surface area contributed by atoms with Crippen molar-refractivity contribution in [1.29, 1.82) is 0 Å². The summed E-state index contributed by atoms with van der Waals surface area (Å²) in [5.74, 6) is -0.0339. The van der Waals surface area contributed by atoms with E-state index in [1.165, 1.54) is 0 Å². The van der Waals surface area contributed by atoms with Gasteiger partial charge in [-0.3, -0.25) is 4.79 Å². The minimum Gasteiger partial charge on any atom is -0.444 e. The smallest absolute Gasteiger partial charge is 0.407 e. The summed E-state index contributed by atoms with van der Waals surface area (Å²) >= 11 is 0. The van der Waals surface area contributed by atoms with Crippen LogP contribution in [-0.4, -0.2) is 65.2 Å². The molecule has 0 aliphatic heterocycles. The van der Waals surface area contributed by atoms with Crippen LogP contribution in [0.1, 0.15) is 59.9 Å². The molecule has 0 aromatic heterocycles. The van der Waals surface area contributed by atoms with Crippen LogP contribution in [0.3, 0.4) is 0 Å². The number of carbonyl (C=O) groups excluding carboxylic acids is 2. The summed E-state index contributed by atoms with van der Waals surface area (Å²) in [5, 5.41) is 30.0. The average molecular weight is 466 g/mol. The molecule has 4 atom stereocenters. The molecule has 0 spiro atoms. The van der Waals surface area contributed by atoms with E-state index in [-0.39, 0.29) is 18.4 Å². The lowest BCUT2D eigenvalue weighted by atomic mass is 10.00. The zero-order valence-electron chi connectivity index (χ0n) is 20.9. The largest absolute Gasteiger partial charge is 0.444 e. The third-order valence-electron chi connectivity index (χ3n) is 4.95. The van der Waals surface area contributed by atoms with Crippen molar-refractivity contribution in [2.75, 3.05) is 13.1 Å². The summed E-state index contributed by atoms with van der Waals surface area (Å²) in [7, 11) is 0. The van der Waals surface area contributed by atoms with Crippen LogP contribution in [0, 0.1) is 5.92 Å². The number of hydrogen-bond acceptors (Lipinski definition) is 6. The number of amides is 2. The summed E-state index contributed by atoms with van der Waals surface area (Å²) in [4.78, 5) is 25.1. The van der Waals surface area contributed by atoms with Crippen molar-refractivity contribution in [3.63, 3.8) is 0 Å². The molecule has 0 heterocycles. The molecule has 8 nitrogen and oxygen atoms in total. The lowest BCUT2D eigenvalue weighted by Gasteiger charge is -2.29. The first kappa shape index (κ1) is 28.9. The maximum absolute atomic E-state index is 12.7. The molecule has 2 unspecified atom stereocenters. The van der Waals surface area contributed by atoms with Crippen molar-refractivity contribution in [2.45, 2.75) is 90.7 Å². The number of nitrogens with one attached hydrogen (secondary N) is 3. The van der Waals surface area contributed by atoms with Crippen LogP contribution in [-0.2, 0) is 16.0 Å². The molecule has 0 saturated heterocycles. The van der Waals surface area contributed by atoms with Gasteiger partial charge in [-0.1, -0.05) is 57.5 Å². The second-order valence-electron chi connectivity index (χ2n) is 9.89. The Balaban J connectivity index is 2.90. The van der Waals surface area contributed by atoms with E-state index in [1.54, 1.807) is 20.8 Å². The van der Waals surface area contributed by atoms with E-state index >= 15 is 0 Å². The van der Waals surface area contributed by atoms with Gasteiger partial charge in [0, 0.05) is 13.1 Å². The molecule has 8 heteroatoms. The van der Waals surface area contributed by atoms with E-state index in [1.807, 2.05) is 51.1 Å². The van der Waals surface area contributed by atoms with Crippen LogP contribution in [0.4, 0.5) is 4.79 Å². The normalized spacial score (nSPS) is 15.4. The topological polar surface area (TPSA) is 120 Å². The van der Waals surface area contributed by atoms with Crippen LogP contribution in [0.25, 0.3) is 0 Å². The van der Waals surface area contributed by atoms with Crippen molar-refractivity contribution in [3.05, 3.63) is 35.9 Å². The summed E-state index contributed by atoms with van der Waals surface area (Å²) < 4.78 is 5.36. The molecule has 1 aromatic rings. The molecule has 33 heavy (non-hydrogen) atoms. The zero-order valence-corrected chi connectivity index (χ0v) is 20.9. The van der Waals surface area contributed by atoms with E-state index in [9.17, 15) is 19.8 Å². The fourth-order valence-electron chi connectivity index (χ4n) is 3.28. The molecule has 0 aliphatic carbocycles. The van der Waals surface area contributed by atoms with Gasteiger partial charge < -0.3 is 30.9 Å². The van der Waals surface area contributed by atoms with Crippen LogP contribution in [0.5, 0.6) is 0 Å². The van der Waals surface area contributed by atoms with Gasteiger partial charge in [0.05, 0.1) is 18.2 Å². The molecule has 1 aromatic carbocycles. The number of ether oxygens (including phenoxy) is 1. The van der Waals surface area contributed by atoms with Crippen molar-refractivity contribution < 1.29 is 24.5 Å². The second-order valence-corrected chi connectivity index (χ2v) is 9.89. The van der Waals surface area contributed by atoms with Crippen molar-refractivity contribution in [3.8, 4) is 0 Å². The number of carbonyl (C=O) groups is 2. The zero-order chi connectivity index (χ0) is 25.0. The number of hydrogen-bond donors (Lipinski definition) is 5. The number of alkyl carbamates (subject to hydrolysis) is 1. The fraction of sp³-hybridized carbons (Fsp3) is 0.680. The van der Waals surface area contributed by atoms with Crippen molar-refractivity contribution >= 4 is 12.0 Å². The Morgan fingerprint density at radius 2 is 1.67 bits per heavy atom. The van der Waals surface area contributed by atoms with E-state index in [0.29, 0.717) is 19.4 Å². The Hall–Kier alpha value is -2.16. The van der Waals surface area contributed by atoms with Gasteiger partial charge in [-0.2, -0.15) is 0 Å². The molecule has 1 rings (SSSR count). The average Bonchev–Trinajstić information content (AvgIpc) is 2.71. The van der Waals surface area contributed by atoms with Gasteiger partial charge in [0.1, 0.15) is 11.6 Å². The first-order chi connectivity index (χ1) is 15.4. The van der Waals surface area contributed by atoms with E-state index in [2.05, 4.69) is 16.0 Å². The minimum atomic E-state index is -1.02. The lowest BCUT2D eigenvalue weighted by molar-refractivity contribution is -0.126. The Bertz CT molecular complexity index is 706. The van der Waals surface area contributed by atoms with Gasteiger partial charge in [-0.25, -0.2) is 4.79 Å². The highest BCUT2D eigenvalue weighted by atomic mass is 16.6. The highest BCUT2D eigenvalue weighted by molar-refractivity contribution is 5.82. The fourth-order valence-corrected chi connectivity index (χ4v) is 3.28. The molecular formula is C25H43N3O5.